The van der Waals surface area contributed by atoms with E-state index in [4.69, 9.17) is 4.42 Å². The average molecular weight is 436 g/mol. The van der Waals surface area contributed by atoms with E-state index >= 15 is 0 Å². The Hall–Kier alpha value is -0.602. The maximum Gasteiger partial charge on any atom is 0.168 e. The van der Waals surface area contributed by atoms with Gasteiger partial charge >= 0.3 is 0 Å². The van der Waals surface area contributed by atoms with Crippen molar-refractivity contribution in [1.29, 1.82) is 0 Å². The Labute approximate surface area is 178 Å². The minimum absolute atomic E-state index is 0. The van der Waals surface area contributed by atoms with Gasteiger partial charge in [0.1, 0.15) is 5.76 Å². The van der Waals surface area contributed by atoms with Crippen LogP contribution in [-0.2, 0) is 65.4 Å². The van der Waals surface area contributed by atoms with Crippen LogP contribution in [0.5, 0.6) is 0 Å². The van der Waals surface area contributed by atoms with Crippen LogP contribution < -0.4 is 0 Å². The minimum Gasteiger partial charge on any atom is -0.455 e. The van der Waals surface area contributed by atoms with Gasteiger partial charge in [0, 0.05) is 65.4 Å². The zero-order chi connectivity index (χ0) is 13.4. The first kappa shape index (κ1) is 17.7. The van der Waals surface area contributed by atoms with Crippen molar-refractivity contribution in [3.8, 4) is 22.9 Å². The summed E-state index contributed by atoms with van der Waals surface area (Å²) < 4.78 is 5.87. The predicted molar refractivity (Wildman–Crippen MR) is 76.9 cm³/mol. The molecule has 2 heterocycles. The second-order valence-electron chi connectivity index (χ2n) is 4.48. The van der Waals surface area contributed by atoms with E-state index in [1.807, 2.05) is 54.6 Å². The molecule has 1 N–H and O–H groups in total. The molecule has 102 valence electrons. The molecule has 0 saturated carbocycles. The molecule has 0 aliphatic heterocycles. The maximum atomic E-state index is 5.87. The van der Waals surface area contributed by atoms with Gasteiger partial charge in [0.15, 0.2) is 11.6 Å². The van der Waals surface area contributed by atoms with Crippen molar-refractivity contribution in [3.05, 3.63) is 66.7 Å². The fourth-order valence-electron chi connectivity index (χ4n) is 2.18. The summed E-state index contributed by atoms with van der Waals surface area (Å²) in [7, 11) is 0. The van der Waals surface area contributed by atoms with Crippen molar-refractivity contribution in [1.82, 2.24) is 9.97 Å². The summed E-state index contributed by atoms with van der Waals surface area (Å²) in [5.74, 6) is 2.28. The second-order valence-corrected chi connectivity index (χ2v) is 4.48. The van der Waals surface area contributed by atoms with Gasteiger partial charge in [0.2, 0.25) is 0 Å². The SMILES string of the molecule is [Y].[Y].[c-]1ccc(-c2ccc(-c3nc4c[c-]ccc4[nH]3)o2)cc1. The Kier molecular flexibility index (Phi) is 6.28. The molecule has 2 radical (unpaired) electrons. The number of benzene rings is 2. The van der Waals surface area contributed by atoms with Crippen molar-refractivity contribution in [2.45, 2.75) is 0 Å². The molecule has 0 unspecified atom stereocenters. The van der Waals surface area contributed by atoms with Crippen LogP contribution in [0.15, 0.2) is 59.0 Å². The Balaban J connectivity index is 0.000000882. The molecule has 3 nitrogen and oxygen atoms in total. The fraction of sp³-hybridized carbons (Fsp3) is 0. The number of H-pyrrole nitrogens is 1. The molecule has 0 bridgehead atoms. The summed E-state index contributed by atoms with van der Waals surface area (Å²) in [4.78, 5) is 7.75. The normalized spacial score (nSPS) is 10.0. The molecule has 0 aliphatic carbocycles. The Morgan fingerprint density at radius 2 is 1.59 bits per heavy atom. The first-order valence-corrected chi connectivity index (χ1v) is 6.33. The minimum atomic E-state index is 0. The van der Waals surface area contributed by atoms with Crippen LogP contribution in [0.3, 0.4) is 0 Å². The van der Waals surface area contributed by atoms with E-state index in [9.17, 15) is 0 Å². The molecule has 0 spiro atoms. The summed E-state index contributed by atoms with van der Waals surface area (Å²) in [6, 6.07) is 23.2. The largest absolute Gasteiger partial charge is 0.455 e. The summed E-state index contributed by atoms with van der Waals surface area (Å²) in [5, 5.41) is 0. The molecule has 0 atom stereocenters. The van der Waals surface area contributed by atoms with Gasteiger partial charge in [0.25, 0.3) is 0 Å². The third-order valence-corrected chi connectivity index (χ3v) is 3.17. The van der Waals surface area contributed by atoms with Gasteiger partial charge in [-0.05, 0) is 23.2 Å². The molecule has 0 amide bonds. The smallest absolute Gasteiger partial charge is 0.168 e. The number of hydrogen-bond acceptors (Lipinski definition) is 2. The van der Waals surface area contributed by atoms with Gasteiger partial charge in [-0.25, -0.2) is 0 Å². The van der Waals surface area contributed by atoms with Crippen molar-refractivity contribution < 1.29 is 69.8 Å². The van der Waals surface area contributed by atoms with Crippen molar-refractivity contribution in [2.75, 3.05) is 0 Å². The summed E-state index contributed by atoms with van der Waals surface area (Å²) >= 11 is 0. The molecule has 4 rings (SSSR count). The zero-order valence-corrected chi connectivity index (χ0v) is 17.4. The van der Waals surface area contributed by atoms with Crippen LogP contribution in [0, 0.1) is 12.1 Å². The maximum absolute atomic E-state index is 5.87. The third-order valence-electron chi connectivity index (χ3n) is 3.17. The van der Waals surface area contributed by atoms with E-state index in [1.165, 1.54) is 0 Å². The van der Waals surface area contributed by atoms with Gasteiger partial charge in [-0.3, -0.25) is 4.98 Å². The molecule has 0 saturated heterocycles. The summed E-state index contributed by atoms with van der Waals surface area (Å²) in [6.45, 7) is 0. The van der Waals surface area contributed by atoms with E-state index in [0.29, 0.717) is 0 Å². The van der Waals surface area contributed by atoms with Crippen molar-refractivity contribution in [2.24, 2.45) is 0 Å². The molecule has 22 heavy (non-hydrogen) atoms. The summed E-state index contributed by atoms with van der Waals surface area (Å²) in [5.41, 5.74) is 2.89. The number of imidazole rings is 1. The molecule has 5 heteroatoms. The topological polar surface area (TPSA) is 41.8 Å². The third kappa shape index (κ3) is 3.49. The van der Waals surface area contributed by atoms with E-state index < -0.39 is 0 Å². The van der Waals surface area contributed by atoms with Gasteiger partial charge in [-0.2, -0.15) is 42.5 Å². The van der Waals surface area contributed by atoms with Crippen LogP contribution in [0.25, 0.3) is 33.9 Å². The van der Waals surface area contributed by atoms with E-state index in [-0.39, 0.29) is 65.4 Å². The molecule has 2 aromatic heterocycles. The fourth-order valence-corrected chi connectivity index (χ4v) is 2.18. The van der Waals surface area contributed by atoms with E-state index in [2.05, 4.69) is 22.1 Å². The molecule has 2 aromatic carbocycles. The van der Waals surface area contributed by atoms with Gasteiger partial charge in [-0.1, -0.05) is 5.56 Å². The van der Waals surface area contributed by atoms with Crippen LogP contribution in [-0.4, -0.2) is 9.97 Å². The molecular formula is C17H10N2OY2-2. The van der Waals surface area contributed by atoms with Crippen LogP contribution in [0.2, 0.25) is 0 Å². The molecule has 0 fully saturated rings. The monoisotopic (exact) mass is 436 g/mol. The Morgan fingerprint density at radius 3 is 2.36 bits per heavy atom. The summed E-state index contributed by atoms with van der Waals surface area (Å²) in [6.07, 6.45) is 0. The van der Waals surface area contributed by atoms with Crippen molar-refractivity contribution >= 4 is 11.0 Å². The average Bonchev–Trinajstić information content (AvgIpc) is 3.14. The first-order valence-electron chi connectivity index (χ1n) is 6.33. The zero-order valence-electron chi connectivity index (χ0n) is 11.7. The van der Waals surface area contributed by atoms with Crippen LogP contribution in [0.1, 0.15) is 0 Å². The second kappa shape index (κ2) is 7.79. The van der Waals surface area contributed by atoms with Crippen LogP contribution in [0.4, 0.5) is 0 Å². The van der Waals surface area contributed by atoms with Crippen molar-refractivity contribution in [3.63, 3.8) is 0 Å². The number of aromatic nitrogens is 2. The number of nitrogens with zero attached hydrogens (tertiary/aromatic N) is 1. The standard InChI is InChI=1S/C17H10N2O.2Y/c1-2-6-12(7-3-1)15-10-11-16(20-15)17-18-13-8-4-5-9-14(13)19-17;;/h2-4,6-11H,(H,18,19);;/q-2;;. The molecule has 4 aromatic rings. The molecule has 0 aliphatic rings. The number of furan rings is 1. The predicted octanol–water partition coefficient (Wildman–Crippen LogP) is 4.09. The number of aromatic amines is 1. The Bertz CT molecular complexity index is 835. The Morgan fingerprint density at radius 1 is 0.864 bits per heavy atom. The quantitative estimate of drug-likeness (QED) is 0.482. The number of hydrogen-bond donors (Lipinski definition) is 1. The van der Waals surface area contributed by atoms with Crippen LogP contribution >= 0.6 is 0 Å². The van der Waals surface area contributed by atoms with E-state index in [0.717, 1.165) is 33.9 Å². The first-order chi connectivity index (χ1) is 9.90. The van der Waals surface area contributed by atoms with Gasteiger partial charge in [0.05, 0.1) is 0 Å². The molecular weight excluding hydrogens is 426 g/mol. The number of fused-ring (bicyclic) bond motifs is 1. The van der Waals surface area contributed by atoms with E-state index in [1.54, 1.807) is 0 Å². The van der Waals surface area contributed by atoms with Gasteiger partial charge < -0.3 is 9.40 Å². The number of rotatable bonds is 2. The van der Waals surface area contributed by atoms with Gasteiger partial charge in [-0.15, -0.1) is 12.1 Å². The number of nitrogens with one attached hydrogen (secondary N) is 1.